The normalized spacial score (nSPS) is 11.5. The Morgan fingerprint density at radius 3 is 2.63 bits per heavy atom. The summed E-state index contributed by atoms with van der Waals surface area (Å²) in [5, 5.41) is 0. The predicted octanol–water partition coefficient (Wildman–Crippen LogP) is 3.71. The summed E-state index contributed by atoms with van der Waals surface area (Å²) in [7, 11) is 0. The highest BCUT2D eigenvalue weighted by molar-refractivity contribution is 6.00. The fourth-order valence-electron chi connectivity index (χ4n) is 2.07. The summed E-state index contributed by atoms with van der Waals surface area (Å²) in [5.41, 5.74) is 4.25. The van der Waals surface area contributed by atoms with Crippen LogP contribution in [0, 0.1) is 13.8 Å². The third-order valence-corrected chi connectivity index (χ3v) is 3.15. The van der Waals surface area contributed by atoms with E-state index in [1.165, 1.54) is 0 Å². The minimum absolute atomic E-state index is 0.836. The van der Waals surface area contributed by atoms with Crippen LogP contribution in [0.2, 0.25) is 0 Å². The Bertz CT molecular complexity index is 475. The SMILES string of the molecule is C=C(N=C(C)c1cc(C)cnc1C)N(CC)CCC. The van der Waals surface area contributed by atoms with Crippen LogP contribution in [0.15, 0.2) is 29.7 Å². The van der Waals surface area contributed by atoms with E-state index in [0.29, 0.717) is 0 Å². The van der Waals surface area contributed by atoms with E-state index in [9.17, 15) is 0 Å². The van der Waals surface area contributed by atoms with Crippen LogP contribution in [0.25, 0.3) is 0 Å². The van der Waals surface area contributed by atoms with Crippen LogP contribution in [-0.2, 0) is 0 Å². The summed E-state index contributed by atoms with van der Waals surface area (Å²) in [6, 6.07) is 2.13. The lowest BCUT2D eigenvalue weighted by Crippen LogP contribution is -2.22. The molecule has 0 aromatic carbocycles. The molecule has 0 N–H and O–H groups in total. The zero-order chi connectivity index (χ0) is 14.4. The molecule has 19 heavy (non-hydrogen) atoms. The van der Waals surface area contributed by atoms with Crippen molar-refractivity contribution in [1.29, 1.82) is 0 Å². The monoisotopic (exact) mass is 259 g/mol. The molecule has 0 saturated heterocycles. The van der Waals surface area contributed by atoms with E-state index in [0.717, 1.165) is 47.9 Å². The molecule has 3 heteroatoms. The van der Waals surface area contributed by atoms with Gasteiger partial charge in [0.2, 0.25) is 0 Å². The van der Waals surface area contributed by atoms with Crippen molar-refractivity contribution in [3.63, 3.8) is 0 Å². The van der Waals surface area contributed by atoms with Crippen molar-refractivity contribution in [3.05, 3.63) is 41.5 Å². The molecule has 104 valence electrons. The number of pyridine rings is 1. The highest BCUT2D eigenvalue weighted by Gasteiger charge is 2.07. The van der Waals surface area contributed by atoms with Crippen LogP contribution in [-0.4, -0.2) is 28.7 Å². The van der Waals surface area contributed by atoms with Gasteiger partial charge in [-0.3, -0.25) is 4.98 Å². The quantitative estimate of drug-likeness (QED) is 0.729. The Labute approximate surface area is 117 Å². The maximum absolute atomic E-state index is 4.65. The number of aromatic nitrogens is 1. The molecule has 0 bridgehead atoms. The van der Waals surface area contributed by atoms with Gasteiger partial charge in [-0.2, -0.15) is 0 Å². The molecule has 1 rings (SSSR count). The maximum Gasteiger partial charge on any atom is 0.121 e. The summed E-state index contributed by atoms with van der Waals surface area (Å²) in [6.45, 7) is 16.4. The van der Waals surface area contributed by atoms with Crippen LogP contribution in [0.4, 0.5) is 0 Å². The van der Waals surface area contributed by atoms with Crippen LogP contribution < -0.4 is 0 Å². The zero-order valence-corrected chi connectivity index (χ0v) is 12.8. The van der Waals surface area contributed by atoms with Crippen molar-refractivity contribution in [3.8, 4) is 0 Å². The molecule has 0 amide bonds. The van der Waals surface area contributed by atoms with E-state index >= 15 is 0 Å². The van der Waals surface area contributed by atoms with Gasteiger partial charge in [0.25, 0.3) is 0 Å². The molecule has 1 aromatic heterocycles. The van der Waals surface area contributed by atoms with E-state index in [4.69, 9.17) is 0 Å². The van der Waals surface area contributed by atoms with Gasteiger partial charge in [-0.1, -0.05) is 13.5 Å². The smallest absolute Gasteiger partial charge is 0.121 e. The fourth-order valence-corrected chi connectivity index (χ4v) is 2.07. The largest absolute Gasteiger partial charge is 0.357 e. The average Bonchev–Trinajstić information content (AvgIpc) is 2.38. The van der Waals surface area contributed by atoms with Crippen molar-refractivity contribution in [1.82, 2.24) is 9.88 Å². The van der Waals surface area contributed by atoms with E-state index < -0.39 is 0 Å². The van der Waals surface area contributed by atoms with Gasteiger partial charge < -0.3 is 4.90 Å². The maximum atomic E-state index is 4.65. The first-order chi connectivity index (χ1) is 8.99. The lowest BCUT2D eigenvalue weighted by atomic mass is 10.1. The molecule has 0 aliphatic rings. The summed E-state index contributed by atoms with van der Waals surface area (Å²) >= 11 is 0. The number of rotatable bonds is 6. The number of nitrogens with zero attached hydrogens (tertiary/aromatic N) is 3. The Hall–Kier alpha value is -1.64. The Morgan fingerprint density at radius 2 is 2.05 bits per heavy atom. The first-order valence-corrected chi connectivity index (χ1v) is 6.92. The first kappa shape index (κ1) is 15.4. The van der Waals surface area contributed by atoms with Gasteiger partial charge in [-0.15, -0.1) is 0 Å². The van der Waals surface area contributed by atoms with Crippen LogP contribution >= 0.6 is 0 Å². The van der Waals surface area contributed by atoms with Gasteiger partial charge in [0.05, 0.1) is 0 Å². The van der Waals surface area contributed by atoms with Crippen molar-refractivity contribution in [2.24, 2.45) is 4.99 Å². The molecular weight excluding hydrogens is 234 g/mol. The second kappa shape index (κ2) is 7.07. The molecule has 0 atom stereocenters. The molecule has 0 aliphatic carbocycles. The van der Waals surface area contributed by atoms with E-state index in [2.05, 4.69) is 41.4 Å². The highest BCUT2D eigenvalue weighted by Crippen LogP contribution is 2.12. The molecule has 0 aliphatic heterocycles. The van der Waals surface area contributed by atoms with Crippen LogP contribution in [0.5, 0.6) is 0 Å². The summed E-state index contributed by atoms with van der Waals surface area (Å²) in [5.74, 6) is 0.836. The first-order valence-electron chi connectivity index (χ1n) is 6.92. The molecule has 0 radical (unpaired) electrons. The number of aryl methyl sites for hydroxylation is 2. The molecule has 0 unspecified atom stereocenters. The molecule has 0 fully saturated rings. The van der Waals surface area contributed by atoms with Crippen molar-refractivity contribution < 1.29 is 0 Å². The fraction of sp³-hybridized carbons (Fsp3) is 0.500. The summed E-state index contributed by atoms with van der Waals surface area (Å²) < 4.78 is 0. The molecule has 0 spiro atoms. The second-order valence-corrected chi connectivity index (χ2v) is 4.84. The zero-order valence-electron chi connectivity index (χ0n) is 12.8. The number of hydrogen-bond acceptors (Lipinski definition) is 3. The lowest BCUT2D eigenvalue weighted by Gasteiger charge is -2.22. The molecule has 0 saturated carbocycles. The molecular formula is C16H25N3. The number of hydrogen-bond donors (Lipinski definition) is 0. The van der Waals surface area contributed by atoms with E-state index in [1.54, 1.807) is 0 Å². The minimum Gasteiger partial charge on any atom is -0.357 e. The Kier molecular flexibility index (Phi) is 5.74. The van der Waals surface area contributed by atoms with Crippen LogP contribution in [0.1, 0.15) is 44.0 Å². The van der Waals surface area contributed by atoms with Gasteiger partial charge in [-0.05, 0) is 45.7 Å². The third-order valence-electron chi connectivity index (χ3n) is 3.15. The molecule has 1 heterocycles. The van der Waals surface area contributed by atoms with Gasteiger partial charge in [0.1, 0.15) is 5.82 Å². The third kappa shape index (κ3) is 4.19. The predicted molar refractivity (Wildman–Crippen MR) is 82.6 cm³/mol. The second-order valence-electron chi connectivity index (χ2n) is 4.84. The topological polar surface area (TPSA) is 28.5 Å². The van der Waals surface area contributed by atoms with Gasteiger partial charge in [-0.25, -0.2) is 4.99 Å². The van der Waals surface area contributed by atoms with Crippen molar-refractivity contribution >= 4 is 5.71 Å². The Morgan fingerprint density at radius 1 is 1.37 bits per heavy atom. The minimum atomic E-state index is 0.836. The molecule has 3 nitrogen and oxygen atoms in total. The van der Waals surface area contributed by atoms with Crippen molar-refractivity contribution in [2.45, 2.75) is 41.0 Å². The van der Waals surface area contributed by atoms with Crippen LogP contribution in [0.3, 0.4) is 0 Å². The van der Waals surface area contributed by atoms with E-state index in [-0.39, 0.29) is 0 Å². The van der Waals surface area contributed by atoms with Gasteiger partial charge in [0.15, 0.2) is 0 Å². The van der Waals surface area contributed by atoms with Gasteiger partial charge >= 0.3 is 0 Å². The highest BCUT2D eigenvalue weighted by atomic mass is 15.2. The van der Waals surface area contributed by atoms with Crippen molar-refractivity contribution in [2.75, 3.05) is 13.1 Å². The number of aliphatic imine (C=N–C) groups is 1. The van der Waals surface area contributed by atoms with E-state index in [1.807, 2.05) is 27.0 Å². The standard InChI is InChI=1S/C16H25N3/c1-7-9-19(8-2)15(6)18-14(5)16-10-12(3)11-17-13(16)4/h10-11H,6-9H2,1-5H3. The summed E-state index contributed by atoms with van der Waals surface area (Å²) in [4.78, 5) is 11.2. The Balaban J connectivity index is 2.97. The average molecular weight is 259 g/mol. The molecule has 1 aromatic rings. The lowest BCUT2D eigenvalue weighted by molar-refractivity contribution is 0.361. The summed E-state index contributed by atoms with van der Waals surface area (Å²) in [6.07, 6.45) is 2.99. The van der Waals surface area contributed by atoms with Gasteiger partial charge in [0, 0.05) is 36.3 Å².